The number of amides is 1. The minimum atomic E-state index is -0.242. The second-order valence-corrected chi connectivity index (χ2v) is 9.57. The number of nitrogens with one attached hydrogen (secondary N) is 1. The fraction of sp³-hybridized carbons (Fsp3) is 0.200. The zero-order valence-corrected chi connectivity index (χ0v) is 18.4. The third-order valence-electron chi connectivity index (χ3n) is 3.84. The smallest absolute Gasteiger partial charge is 0.250 e. The number of hydrogen-bond acceptors (Lipinski definition) is 8. The van der Waals surface area contributed by atoms with Crippen molar-refractivity contribution in [3.05, 3.63) is 65.2 Å². The van der Waals surface area contributed by atoms with Gasteiger partial charge in [-0.05, 0) is 31.5 Å². The summed E-state index contributed by atoms with van der Waals surface area (Å²) in [5.74, 6) is 0.908. The summed E-state index contributed by atoms with van der Waals surface area (Å²) >= 11 is 4.43. The lowest BCUT2D eigenvalue weighted by Crippen LogP contribution is -2.21. The molecule has 0 spiro atoms. The third kappa shape index (κ3) is 6.59. The Balaban J connectivity index is 1.45. The molecule has 6 nitrogen and oxygen atoms in total. The molecule has 2 aromatic carbocycles. The number of thioether (sulfide) groups is 2. The maximum absolute atomic E-state index is 12.0. The lowest BCUT2D eigenvalue weighted by atomic mass is 10.1. The van der Waals surface area contributed by atoms with Crippen LogP contribution in [0.4, 0.5) is 0 Å². The lowest BCUT2D eigenvalue weighted by molar-refractivity contribution is -0.118. The molecule has 1 aromatic heterocycles. The van der Waals surface area contributed by atoms with Crippen LogP contribution in [0.3, 0.4) is 0 Å². The number of aromatic hydroxyl groups is 1. The molecule has 0 aliphatic carbocycles. The van der Waals surface area contributed by atoms with Gasteiger partial charge >= 0.3 is 0 Å². The molecule has 1 heterocycles. The van der Waals surface area contributed by atoms with E-state index < -0.39 is 0 Å². The predicted molar refractivity (Wildman–Crippen MR) is 120 cm³/mol. The van der Waals surface area contributed by atoms with Crippen molar-refractivity contribution >= 4 is 46.5 Å². The number of hydrogen-bond donors (Lipinski definition) is 2. The number of phenolic OH excluding ortho intramolecular Hbond substituents is 1. The fourth-order valence-electron chi connectivity index (χ4n) is 2.29. The van der Waals surface area contributed by atoms with Crippen molar-refractivity contribution in [3.8, 4) is 5.75 Å². The first-order valence-corrected chi connectivity index (χ1v) is 11.6. The highest BCUT2D eigenvalue weighted by molar-refractivity contribution is 8.03. The van der Waals surface area contributed by atoms with Crippen LogP contribution in [0, 0.1) is 6.92 Å². The largest absolute Gasteiger partial charge is 0.507 e. The van der Waals surface area contributed by atoms with Gasteiger partial charge in [0.15, 0.2) is 8.68 Å². The predicted octanol–water partition coefficient (Wildman–Crippen LogP) is 4.48. The average Bonchev–Trinajstić information content (AvgIpc) is 3.18. The van der Waals surface area contributed by atoms with Crippen molar-refractivity contribution in [2.45, 2.75) is 28.3 Å². The number of para-hydroxylation sites is 1. The normalized spacial score (nSPS) is 11.4. The Kier molecular flexibility index (Phi) is 7.68. The standard InChI is InChI=1S/C20H20N4O2S3/c1-13-7-9-15(10-8-13)11-27-19-23-24-20(29-19)28-12-18(26)22-21-14(2)16-5-3-4-6-17(16)25/h3-10,25H,11-12H2,1-2H3,(H,22,26)/b21-14+. The van der Waals surface area contributed by atoms with Crippen LogP contribution in [0.5, 0.6) is 5.75 Å². The van der Waals surface area contributed by atoms with Gasteiger partial charge in [-0.15, -0.1) is 10.2 Å². The van der Waals surface area contributed by atoms with Crippen LogP contribution in [0.1, 0.15) is 23.6 Å². The van der Waals surface area contributed by atoms with Gasteiger partial charge in [-0.25, -0.2) is 5.43 Å². The van der Waals surface area contributed by atoms with E-state index in [0.29, 0.717) is 11.3 Å². The molecule has 0 radical (unpaired) electrons. The van der Waals surface area contributed by atoms with E-state index >= 15 is 0 Å². The molecule has 0 saturated carbocycles. The number of carbonyl (C=O) groups excluding carboxylic acids is 1. The quantitative estimate of drug-likeness (QED) is 0.303. The summed E-state index contributed by atoms with van der Waals surface area (Å²) in [5.41, 5.74) is 6.10. The number of benzene rings is 2. The van der Waals surface area contributed by atoms with Crippen LogP contribution in [0.25, 0.3) is 0 Å². The summed E-state index contributed by atoms with van der Waals surface area (Å²) in [4.78, 5) is 12.0. The van der Waals surface area contributed by atoms with Crippen molar-refractivity contribution in [1.82, 2.24) is 15.6 Å². The highest BCUT2D eigenvalue weighted by atomic mass is 32.2. The Hall–Kier alpha value is -2.36. The molecule has 0 aliphatic rings. The van der Waals surface area contributed by atoms with Crippen LogP contribution < -0.4 is 5.43 Å². The number of hydrazone groups is 1. The molecular formula is C20H20N4O2S3. The van der Waals surface area contributed by atoms with Gasteiger partial charge in [0.25, 0.3) is 5.91 Å². The molecular weight excluding hydrogens is 424 g/mol. The molecule has 29 heavy (non-hydrogen) atoms. The van der Waals surface area contributed by atoms with Crippen LogP contribution in [-0.2, 0) is 10.5 Å². The average molecular weight is 445 g/mol. The van der Waals surface area contributed by atoms with Gasteiger partial charge in [-0.3, -0.25) is 4.79 Å². The van der Waals surface area contributed by atoms with E-state index in [4.69, 9.17) is 0 Å². The number of aryl methyl sites for hydroxylation is 1. The minimum absolute atomic E-state index is 0.127. The molecule has 0 fully saturated rings. The summed E-state index contributed by atoms with van der Waals surface area (Å²) < 4.78 is 1.62. The molecule has 0 unspecified atom stereocenters. The first-order valence-electron chi connectivity index (χ1n) is 8.77. The highest BCUT2D eigenvalue weighted by Crippen LogP contribution is 2.30. The molecule has 0 aliphatic heterocycles. The minimum Gasteiger partial charge on any atom is -0.507 e. The van der Waals surface area contributed by atoms with Gasteiger partial charge < -0.3 is 5.11 Å². The molecule has 0 atom stereocenters. The van der Waals surface area contributed by atoms with Crippen molar-refractivity contribution in [2.24, 2.45) is 5.10 Å². The van der Waals surface area contributed by atoms with E-state index in [-0.39, 0.29) is 17.4 Å². The Morgan fingerprint density at radius 2 is 1.79 bits per heavy atom. The number of nitrogens with zero attached hydrogens (tertiary/aromatic N) is 3. The van der Waals surface area contributed by atoms with Gasteiger partial charge in [-0.2, -0.15) is 5.10 Å². The van der Waals surface area contributed by atoms with E-state index in [0.717, 1.165) is 14.4 Å². The molecule has 150 valence electrons. The van der Waals surface area contributed by atoms with Gasteiger partial charge in [0, 0.05) is 11.3 Å². The van der Waals surface area contributed by atoms with Crippen LogP contribution in [0.2, 0.25) is 0 Å². The molecule has 2 N–H and O–H groups in total. The maximum atomic E-state index is 12.0. The van der Waals surface area contributed by atoms with Gasteiger partial charge in [0.1, 0.15) is 5.75 Å². The summed E-state index contributed by atoms with van der Waals surface area (Å²) in [7, 11) is 0. The zero-order chi connectivity index (χ0) is 20.6. The topological polar surface area (TPSA) is 87.5 Å². The molecule has 3 aromatic rings. The summed E-state index contributed by atoms with van der Waals surface area (Å²) in [6, 6.07) is 15.3. The number of phenols is 1. The number of rotatable bonds is 8. The SMILES string of the molecule is C/C(=N\NC(=O)CSc1nnc(SCc2ccc(C)cc2)s1)c1ccccc1O. The Labute approximate surface area is 181 Å². The van der Waals surface area contributed by atoms with Crippen molar-refractivity contribution in [2.75, 3.05) is 5.75 Å². The van der Waals surface area contributed by atoms with Crippen LogP contribution >= 0.6 is 34.9 Å². The van der Waals surface area contributed by atoms with Crippen LogP contribution in [-0.4, -0.2) is 32.7 Å². The van der Waals surface area contributed by atoms with Gasteiger partial charge in [0.05, 0.1) is 11.5 Å². The van der Waals surface area contributed by atoms with Crippen molar-refractivity contribution < 1.29 is 9.90 Å². The summed E-state index contributed by atoms with van der Waals surface area (Å²) in [5, 5.41) is 22.2. The van der Waals surface area contributed by atoms with Gasteiger partial charge in [-0.1, -0.05) is 76.8 Å². The first kappa shape index (κ1) is 21.4. The Morgan fingerprint density at radius 3 is 2.52 bits per heavy atom. The van der Waals surface area contributed by atoms with Crippen molar-refractivity contribution in [3.63, 3.8) is 0 Å². The van der Waals surface area contributed by atoms with Crippen LogP contribution in [0.15, 0.2) is 62.3 Å². The van der Waals surface area contributed by atoms with E-state index in [1.807, 2.05) is 0 Å². The third-order valence-corrected chi connectivity index (χ3v) is 7.10. The molecule has 3 rings (SSSR count). The van der Waals surface area contributed by atoms with Crippen molar-refractivity contribution in [1.29, 1.82) is 0 Å². The summed E-state index contributed by atoms with van der Waals surface area (Å²) in [6.45, 7) is 3.80. The second-order valence-electron chi connectivity index (χ2n) is 6.15. The Morgan fingerprint density at radius 1 is 1.10 bits per heavy atom. The number of aromatic nitrogens is 2. The zero-order valence-electron chi connectivity index (χ0n) is 16.0. The first-order chi connectivity index (χ1) is 14.0. The second kappa shape index (κ2) is 10.4. The van der Waals surface area contributed by atoms with Gasteiger partial charge in [0.2, 0.25) is 0 Å². The monoisotopic (exact) mass is 444 g/mol. The lowest BCUT2D eigenvalue weighted by Gasteiger charge is -2.04. The van der Waals surface area contributed by atoms with E-state index in [2.05, 4.69) is 51.9 Å². The Bertz CT molecular complexity index is 1000. The number of carbonyl (C=O) groups is 1. The molecule has 9 heteroatoms. The van der Waals surface area contributed by atoms with E-state index in [9.17, 15) is 9.90 Å². The molecule has 0 saturated heterocycles. The fourth-order valence-corrected chi connectivity index (χ4v) is 5.06. The highest BCUT2D eigenvalue weighted by Gasteiger charge is 2.09. The maximum Gasteiger partial charge on any atom is 0.250 e. The van der Waals surface area contributed by atoms with E-state index in [1.165, 1.54) is 34.2 Å². The van der Waals surface area contributed by atoms with E-state index in [1.54, 1.807) is 43.0 Å². The molecule has 1 amide bonds. The summed E-state index contributed by atoms with van der Waals surface area (Å²) in [6.07, 6.45) is 0. The molecule has 0 bridgehead atoms.